The highest BCUT2D eigenvalue weighted by atomic mass is 35.5. The molecular formula is C18H21ClFN5O. The number of hydrogen-bond donors (Lipinski definition) is 1. The SMILES string of the molecule is CC(C)C1CN(c2ccnc(Cl)n2)CCN1C(=O)Nc1ccc(F)cc1. The molecule has 1 aliphatic rings. The summed E-state index contributed by atoms with van der Waals surface area (Å²) in [6, 6.07) is 7.40. The molecule has 1 aliphatic heterocycles. The van der Waals surface area contributed by atoms with E-state index < -0.39 is 0 Å². The summed E-state index contributed by atoms with van der Waals surface area (Å²) in [7, 11) is 0. The van der Waals surface area contributed by atoms with E-state index >= 15 is 0 Å². The number of rotatable bonds is 3. The van der Waals surface area contributed by atoms with E-state index in [9.17, 15) is 9.18 Å². The van der Waals surface area contributed by atoms with Crippen LogP contribution in [0.2, 0.25) is 5.28 Å². The van der Waals surface area contributed by atoms with Crippen molar-refractivity contribution in [2.75, 3.05) is 29.9 Å². The molecule has 6 nitrogen and oxygen atoms in total. The zero-order valence-electron chi connectivity index (χ0n) is 14.7. The van der Waals surface area contributed by atoms with Crippen molar-refractivity contribution in [3.63, 3.8) is 0 Å². The van der Waals surface area contributed by atoms with E-state index in [4.69, 9.17) is 11.6 Å². The van der Waals surface area contributed by atoms with Crippen molar-refractivity contribution in [3.05, 3.63) is 47.6 Å². The Hall–Kier alpha value is -2.41. The Balaban J connectivity index is 1.72. The maximum absolute atomic E-state index is 13.0. The third-order valence-corrected chi connectivity index (χ3v) is 4.66. The Morgan fingerprint density at radius 1 is 1.27 bits per heavy atom. The van der Waals surface area contributed by atoms with Gasteiger partial charge in [0.1, 0.15) is 11.6 Å². The fraction of sp³-hybridized carbons (Fsp3) is 0.389. The number of halogens is 2. The number of aromatic nitrogens is 2. The van der Waals surface area contributed by atoms with Crippen LogP contribution in [0.15, 0.2) is 36.5 Å². The molecule has 138 valence electrons. The number of benzene rings is 1. The van der Waals surface area contributed by atoms with Gasteiger partial charge in [0.05, 0.1) is 6.04 Å². The Bertz CT molecular complexity index is 770. The second-order valence-corrected chi connectivity index (χ2v) is 6.91. The van der Waals surface area contributed by atoms with Gasteiger partial charge in [-0.15, -0.1) is 0 Å². The van der Waals surface area contributed by atoms with Gasteiger partial charge in [0.15, 0.2) is 0 Å². The Morgan fingerprint density at radius 2 is 2.00 bits per heavy atom. The minimum Gasteiger partial charge on any atom is -0.353 e. The molecule has 26 heavy (non-hydrogen) atoms. The van der Waals surface area contributed by atoms with Gasteiger partial charge in [0, 0.05) is 31.5 Å². The summed E-state index contributed by atoms with van der Waals surface area (Å²) in [5.41, 5.74) is 0.573. The number of anilines is 2. The lowest BCUT2D eigenvalue weighted by Crippen LogP contribution is -2.58. The van der Waals surface area contributed by atoms with E-state index in [-0.39, 0.29) is 29.1 Å². The minimum absolute atomic E-state index is 0.0120. The van der Waals surface area contributed by atoms with Gasteiger partial charge in [-0.25, -0.2) is 19.2 Å². The summed E-state index contributed by atoms with van der Waals surface area (Å²) in [4.78, 5) is 24.8. The van der Waals surface area contributed by atoms with E-state index in [1.165, 1.54) is 12.1 Å². The van der Waals surface area contributed by atoms with Crippen molar-refractivity contribution in [1.82, 2.24) is 14.9 Å². The van der Waals surface area contributed by atoms with Gasteiger partial charge in [-0.2, -0.15) is 0 Å². The van der Waals surface area contributed by atoms with E-state index in [1.54, 1.807) is 18.3 Å². The Labute approximate surface area is 157 Å². The number of nitrogens with one attached hydrogen (secondary N) is 1. The molecule has 1 saturated heterocycles. The predicted octanol–water partition coefficient (Wildman–Crippen LogP) is 3.65. The van der Waals surface area contributed by atoms with Crippen molar-refractivity contribution in [2.24, 2.45) is 5.92 Å². The summed E-state index contributed by atoms with van der Waals surface area (Å²) < 4.78 is 13.0. The van der Waals surface area contributed by atoms with E-state index in [2.05, 4.69) is 34.0 Å². The molecule has 3 rings (SSSR count). The Kier molecular flexibility index (Phi) is 5.56. The first-order valence-corrected chi connectivity index (χ1v) is 8.88. The van der Waals surface area contributed by atoms with Crippen LogP contribution in [0, 0.1) is 11.7 Å². The van der Waals surface area contributed by atoms with Gasteiger partial charge in [0.2, 0.25) is 5.28 Å². The molecule has 1 N–H and O–H groups in total. The molecule has 0 saturated carbocycles. The van der Waals surface area contributed by atoms with Crippen molar-refractivity contribution in [3.8, 4) is 0 Å². The van der Waals surface area contributed by atoms with E-state index in [0.29, 0.717) is 25.3 Å². The summed E-state index contributed by atoms with van der Waals surface area (Å²) in [5, 5.41) is 3.05. The highest BCUT2D eigenvalue weighted by molar-refractivity contribution is 6.28. The van der Waals surface area contributed by atoms with Crippen molar-refractivity contribution in [1.29, 1.82) is 0 Å². The molecule has 0 aliphatic carbocycles. The maximum atomic E-state index is 13.0. The first-order chi connectivity index (χ1) is 12.4. The number of amides is 2. The van der Waals surface area contributed by atoms with E-state index in [1.807, 2.05) is 11.0 Å². The van der Waals surface area contributed by atoms with Crippen LogP contribution in [-0.4, -0.2) is 46.6 Å². The number of nitrogens with zero attached hydrogens (tertiary/aromatic N) is 4. The molecule has 0 bridgehead atoms. The maximum Gasteiger partial charge on any atom is 0.322 e. The molecule has 1 aromatic heterocycles. The van der Waals surface area contributed by atoms with Crippen LogP contribution in [0.3, 0.4) is 0 Å². The lowest BCUT2D eigenvalue weighted by Gasteiger charge is -2.43. The molecule has 2 aromatic rings. The largest absolute Gasteiger partial charge is 0.353 e. The van der Waals surface area contributed by atoms with Crippen LogP contribution in [0.25, 0.3) is 0 Å². The summed E-state index contributed by atoms with van der Waals surface area (Å²) in [6.07, 6.45) is 1.63. The van der Waals surface area contributed by atoms with Gasteiger partial charge in [-0.1, -0.05) is 13.8 Å². The number of hydrogen-bond acceptors (Lipinski definition) is 4. The lowest BCUT2D eigenvalue weighted by atomic mass is 10.00. The van der Waals surface area contributed by atoms with Crippen LogP contribution in [0.4, 0.5) is 20.7 Å². The molecule has 1 aromatic carbocycles. The van der Waals surface area contributed by atoms with Gasteiger partial charge in [-0.3, -0.25) is 0 Å². The van der Waals surface area contributed by atoms with Crippen LogP contribution in [-0.2, 0) is 0 Å². The molecule has 0 radical (unpaired) electrons. The molecule has 8 heteroatoms. The standard InChI is InChI=1S/C18H21ClFN5O/c1-12(2)15-11-24(16-7-8-21-17(19)23-16)9-10-25(15)18(26)22-14-5-3-13(20)4-6-14/h3-8,12,15H,9-11H2,1-2H3,(H,22,26). The average molecular weight is 378 g/mol. The zero-order chi connectivity index (χ0) is 18.7. The molecule has 2 amide bonds. The van der Waals surface area contributed by atoms with Crippen LogP contribution >= 0.6 is 11.6 Å². The average Bonchev–Trinajstić information content (AvgIpc) is 2.63. The van der Waals surface area contributed by atoms with E-state index in [0.717, 1.165) is 5.82 Å². The first kappa shape index (κ1) is 18.4. The van der Waals surface area contributed by atoms with Gasteiger partial charge >= 0.3 is 6.03 Å². The van der Waals surface area contributed by atoms with Gasteiger partial charge < -0.3 is 15.1 Å². The first-order valence-electron chi connectivity index (χ1n) is 8.50. The normalized spacial score (nSPS) is 17.5. The number of urea groups is 1. The lowest BCUT2D eigenvalue weighted by molar-refractivity contribution is 0.156. The zero-order valence-corrected chi connectivity index (χ0v) is 15.4. The Morgan fingerprint density at radius 3 is 2.65 bits per heavy atom. The topological polar surface area (TPSA) is 61.4 Å². The fourth-order valence-electron chi connectivity index (χ4n) is 3.07. The smallest absolute Gasteiger partial charge is 0.322 e. The molecule has 1 fully saturated rings. The summed E-state index contributed by atoms with van der Waals surface area (Å²) in [5.74, 6) is 0.684. The molecule has 1 atom stereocenters. The van der Waals surface area contributed by atoms with Crippen LogP contribution in [0.5, 0.6) is 0 Å². The van der Waals surface area contributed by atoms with Gasteiger partial charge in [-0.05, 0) is 47.9 Å². The number of carbonyl (C=O) groups is 1. The molecular weight excluding hydrogens is 357 g/mol. The summed E-state index contributed by atoms with van der Waals surface area (Å²) >= 11 is 5.89. The van der Waals surface area contributed by atoms with Crippen LogP contribution in [0.1, 0.15) is 13.8 Å². The highest BCUT2D eigenvalue weighted by Crippen LogP contribution is 2.23. The third-order valence-electron chi connectivity index (χ3n) is 4.48. The number of carbonyl (C=O) groups excluding carboxylic acids is 1. The number of piperazine rings is 1. The third kappa shape index (κ3) is 4.22. The molecule has 2 heterocycles. The van der Waals surface area contributed by atoms with Crippen molar-refractivity contribution < 1.29 is 9.18 Å². The van der Waals surface area contributed by atoms with Gasteiger partial charge in [0.25, 0.3) is 0 Å². The fourth-order valence-corrected chi connectivity index (χ4v) is 3.21. The van der Waals surface area contributed by atoms with Crippen LogP contribution < -0.4 is 10.2 Å². The molecule has 1 unspecified atom stereocenters. The minimum atomic E-state index is -0.333. The quantitative estimate of drug-likeness (QED) is 0.829. The second kappa shape index (κ2) is 7.86. The highest BCUT2D eigenvalue weighted by Gasteiger charge is 2.33. The summed E-state index contributed by atoms with van der Waals surface area (Å²) in [6.45, 7) is 6.02. The van der Waals surface area contributed by atoms with Crippen molar-refractivity contribution >= 4 is 29.1 Å². The molecule has 0 spiro atoms. The van der Waals surface area contributed by atoms with Crippen molar-refractivity contribution in [2.45, 2.75) is 19.9 Å². The second-order valence-electron chi connectivity index (χ2n) is 6.57. The monoisotopic (exact) mass is 377 g/mol. The predicted molar refractivity (Wildman–Crippen MR) is 100 cm³/mol.